The number of rotatable bonds is 4. The van der Waals surface area contributed by atoms with E-state index in [0.29, 0.717) is 21.8 Å². The number of halogens is 2. The van der Waals surface area contributed by atoms with Crippen molar-refractivity contribution in [2.75, 3.05) is 10.7 Å². The van der Waals surface area contributed by atoms with Crippen LogP contribution in [0.5, 0.6) is 0 Å². The third-order valence-electron chi connectivity index (χ3n) is 2.78. The molecule has 20 heavy (non-hydrogen) atoms. The maximum Gasteiger partial charge on any atom is 0.148 e. The van der Waals surface area contributed by atoms with Crippen molar-refractivity contribution in [3.05, 3.63) is 40.4 Å². The Balaban J connectivity index is 2.40. The van der Waals surface area contributed by atoms with Gasteiger partial charge in [-0.3, -0.25) is 0 Å². The Hall–Kier alpha value is -1.73. The van der Waals surface area contributed by atoms with Crippen molar-refractivity contribution in [1.29, 1.82) is 0 Å². The molecule has 106 valence electrons. The van der Waals surface area contributed by atoms with Gasteiger partial charge in [0.05, 0.1) is 4.47 Å². The lowest BCUT2D eigenvalue weighted by atomic mass is 10.0. The molecule has 2 aromatic rings. The number of nitrogens with zero attached hydrogens (tertiary/aromatic N) is 2. The molecule has 0 aliphatic carbocycles. The fraction of sp³-hybridized carbons (Fsp3) is 0.231. The van der Waals surface area contributed by atoms with Gasteiger partial charge in [0.15, 0.2) is 0 Å². The lowest BCUT2D eigenvalue weighted by Crippen LogP contribution is -2.14. The summed E-state index contributed by atoms with van der Waals surface area (Å²) in [7, 11) is 0. The van der Waals surface area contributed by atoms with Gasteiger partial charge in [-0.2, -0.15) is 0 Å². The molecule has 0 spiro atoms. The van der Waals surface area contributed by atoms with Crippen LogP contribution in [-0.4, -0.2) is 9.97 Å². The summed E-state index contributed by atoms with van der Waals surface area (Å²) in [6.45, 7) is 4.01. The monoisotopic (exact) mass is 339 g/mol. The number of hydrogen-bond acceptors (Lipinski definition) is 5. The predicted molar refractivity (Wildman–Crippen MR) is 81.3 cm³/mol. The molecule has 0 aliphatic rings. The second-order valence-corrected chi connectivity index (χ2v) is 5.39. The van der Waals surface area contributed by atoms with Crippen LogP contribution < -0.4 is 16.6 Å². The molecule has 0 fully saturated rings. The normalized spacial score (nSPS) is 10.7. The Morgan fingerprint density at radius 2 is 1.95 bits per heavy atom. The van der Waals surface area contributed by atoms with Crippen molar-refractivity contribution in [1.82, 2.24) is 9.97 Å². The van der Waals surface area contributed by atoms with Gasteiger partial charge >= 0.3 is 0 Å². The molecule has 1 aromatic heterocycles. The molecule has 0 saturated heterocycles. The van der Waals surface area contributed by atoms with Crippen LogP contribution in [0.4, 0.5) is 21.7 Å². The van der Waals surface area contributed by atoms with Crippen LogP contribution in [0.3, 0.4) is 0 Å². The van der Waals surface area contributed by atoms with E-state index in [1.54, 1.807) is 12.1 Å². The molecule has 0 unspecified atom stereocenters. The molecule has 0 amide bonds. The Morgan fingerprint density at radius 1 is 1.25 bits per heavy atom. The summed E-state index contributed by atoms with van der Waals surface area (Å²) in [5, 5.41) is 3.09. The largest absolute Gasteiger partial charge is 0.340 e. The van der Waals surface area contributed by atoms with E-state index in [-0.39, 0.29) is 11.7 Å². The topological polar surface area (TPSA) is 75.9 Å². The number of nitrogen functional groups attached to an aromatic ring is 1. The van der Waals surface area contributed by atoms with Gasteiger partial charge in [-0.15, -0.1) is 0 Å². The number of aromatic nitrogens is 2. The van der Waals surface area contributed by atoms with Crippen LogP contribution in [0.25, 0.3) is 0 Å². The number of anilines is 3. The molecular weight excluding hydrogens is 325 g/mol. The van der Waals surface area contributed by atoms with Gasteiger partial charge in [-0.05, 0) is 40.0 Å². The summed E-state index contributed by atoms with van der Waals surface area (Å²) in [6.07, 6.45) is 1.40. The highest BCUT2D eigenvalue weighted by Gasteiger charge is 2.14. The second-order valence-electron chi connectivity index (χ2n) is 4.54. The zero-order chi connectivity index (χ0) is 14.7. The summed E-state index contributed by atoms with van der Waals surface area (Å²) in [4.78, 5) is 8.29. The van der Waals surface area contributed by atoms with Crippen LogP contribution >= 0.6 is 15.9 Å². The Kier molecular flexibility index (Phi) is 4.51. The van der Waals surface area contributed by atoms with E-state index in [1.807, 2.05) is 13.8 Å². The average Bonchev–Trinajstić information content (AvgIpc) is 2.42. The number of nitrogens with one attached hydrogen (secondary N) is 2. The third-order valence-corrected chi connectivity index (χ3v) is 3.42. The van der Waals surface area contributed by atoms with E-state index in [1.165, 1.54) is 12.4 Å². The standard InChI is InChI=1S/C13H15BrFN5/c1-7(2)11-12(17-6-18-13(11)20-16)19-8-3-4-9(14)10(15)5-8/h3-7H,16H2,1-2H3,(H2,17,18,19,20). The summed E-state index contributed by atoms with van der Waals surface area (Å²) in [6, 6.07) is 4.79. The minimum atomic E-state index is -0.340. The highest BCUT2D eigenvalue weighted by molar-refractivity contribution is 9.10. The van der Waals surface area contributed by atoms with Crippen LogP contribution in [0.2, 0.25) is 0 Å². The van der Waals surface area contributed by atoms with Crippen molar-refractivity contribution in [3.63, 3.8) is 0 Å². The fourth-order valence-electron chi connectivity index (χ4n) is 1.87. The molecule has 0 atom stereocenters. The van der Waals surface area contributed by atoms with Crippen molar-refractivity contribution >= 4 is 33.3 Å². The Labute approximate surface area is 124 Å². The Bertz CT molecular complexity index is 618. The van der Waals surface area contributed by atoms with E-state index in [4.69, 9.17) is 5.84 Å². The van der Waals surface area contributed by atoms with Gasteiger partial charge in [0, 0.05) is 11.3 Å². The lowest BCUT2D eigenvalue weighted by molar-refractivity contribution is 0.622. The molecular formula is C13H15BrFN5. The van der Waals surface area contributed by atoms with E-state index in [0.717, 1.165) is 5.56 Å². The molecule has 7 heteroatoms. The van der Waals surface area contributed by atoms with Crippen LogP contribution in [0, 0.1) is 5.82 Å². The molecule has 4 N–H and O–H groups in total. The van der Waals surface area contributed by atoms with Crippen molar-refractivity contribution < 1.29 is 4.39 Å². The maximum absolute atomic E-state index is 13.5. The SMILES string of the molecule is CC(C)c1c(NN)ncnc1Nc1ccc(Br)c(F)c1. The molecule has 0 radical (unpaired) electrons. The summed E-state index contributed by atoms with van der Waals surface area (Å²) in [5.74, 6) is 6.43. The fourth-order valence-corrected chi connectivity index (χ4v) is 2.11. The minimum absolute atomic E-state index is 0.157. The molecule has 0 aliphatic heterocycles. The zero-order valence-corrected chi connectivity index (χ0v) is 12.7. The van der Waals surface area contributed by atoms with Crippen LogP contribution in [-0.2, 0) is 0 Å². The summed E-state index contributed by atoms with van der Waals surface area (Å²) >= 11 is 3.12. The van der Waals surface area contributed by atoms with Gasteiger partial charge in [-0.1, -0.05) is 13.8 Å². The van der Waals surface area contributed by atoms with Crippen molar-refractivity contribution in [2.24, 2.45) is 5.84 Å². The van der Waals surface area contributed by atoms with Gasteiger partial charge in [0.25, 0.3) is 0 Å². The molecule has 1 heterocycles. The molecule has 0 saturated carbocycles. The van der Waals surface area contributed by atoms with Gasteiger partial charge in [-0.25, -0.2) is 20.2 Å². The first-order valence-corrected chi connectivity index (χ1v) is 6.85. The molecule has 5 nitrogen and oxygen atoms in total. The van der Waals surface area contributed by atoms with Crippen molar-refractivity contribution in [3.8, 4) is 0 Å². The summed E-state index contributed by atoms with van der Waals surface area (Å²) < 4.78 is 14.0. The number of nitrogens with two attached hydrogens (primary N) is 1. The Morgan fingerprint density at radius 3 is 2.55 bits per heavy atom. The lowest BCUT2D eigenvalue weighted by Gasteiger charge is -2.16. The van der Waals surface area contributed by atoms with Gasteiger partial charge < -0.3 is 10.7 Å². The quantitative estimate of drug-likeness (QED) is 0.586. The van der Waals surface area contributed by atoms with E-state index < -0.39 is 0 Å². The number of benzene rings is 1. The van der Waals surface area contributed by atoms with E-state index in [2.05, 4.69) is 36.6 Å². The van der Waals surface area contributed by atoms with E-state index >= 15 is 0 Å². The molecule has 2 rings (SSSR count). The third kappa shape index (κ3) is 3.05. The predicted octanol–water partition coefficient (Wildman–Crippen LogP) is 3.53. The van der Waals surface area contributed by atoms with Gasteiger partial charge in [0.1, 0.15) is 23.8 Å². The number of hydrogen-bond donors (Lipinski definition) is 3. The number of hydrazine groups is 1. The average molecular weight is 340 g/mol. The molecule has 0 bridgehead atoms. The zero-order valence-electron chi connectivity index (χ0n) is 11.1. The van der Waals surface area contributed by atoms with Gasteiger partial charge in [0.2, 0.25) is 0 Å². The highest BCUT2D eigenvalue weighted by Crippen LogP contribution is 2.30. The highest BCUT2D eigenvalue weighted by atomic mass is 79.9. The smallest absolute Gasteiger partial charge is 0.148 e. The van der Waals surface area contributed by atoms with E-state index in [9.17, 15) is 4.39 Å². The first kappa shape index (κ1) is 14.7. The first-order valence-electron chi connectivity index (χ1n) is 6.06. The maximum atomic E-state index is 13.5. The van der Waals surface area contributed by atoms with Crippen molar-refractivity contribution in [2.45, 2.75) is 19.8 Å². The van der Waals surface area contributed by atoms with Crippen LogP contribution in [0.15, 0.2) is 29.0 Å². The minimum Gasteiger partial charge on any atom is -0.340 e. The molecule has 1 aromatic carbocycles. The summed E-state index contributed by atoms with van der Waals surface area (Å²) in [5.41, 5.74) is 4.00. The second kappa shape index (κ2) is 6.15. The first-order chi connectivity index (χ1) is 9.52. The van der Waals surface area contributed by atoms with Crippen LogP contribution in [0.1, 0.15) is 25.3 Å².